The number of hydrogen-bond acceptors (Lipinski definition) is 3. The van der Waals surface area contributed by atoms with Crippen molar-refractivity contribution >= 4 is 38.7 Å². The van der Waals surface area contributed by atoms with Gasteiger partial charge in [0.1, 0.15) is 11.0 Å². The summed E-state index contributed by atoms with van der Waals surface area (Å²) < 4.78 is 2.77. The molecule has 0 amide bonds. The van der Waals surface area contributed by atoms with Crippen molar-refractivity contribution < 1.29 is 0 Å². The van der Waals surface area contributed by atoms with Gasteiger partial charge in [0.2, 0.25) is 0 Å². The average Bonchev–Trinajstić information content (AvgIpc) is 3.24. The van der Waals surface area contributed by atoms with E-state index in [1.807, 2.05) is 79.9 Å². The molecule has 6 heteroatoms. The Morgan fingerprint density at radius 3 is 2.44 bits per heavy atom. The zero-order chi connectivity index (χ0) is 22.1. The van der Waals surface area contributed by atoms with Crippen molar-refractivity contribution in [1.29, 1.82) is 0 Å². The smallest absolute Gasteiger partial charge is 0.283 e. The third-order valence-electron chi connectivity index (χ3n) is 5.39. The summed E-state index contributed by atoms with van der Waals surface area (Å²) in [4.78, 5) is 21.9. The molecule has 0 fully saturated rings. The summed E-state index contributed by atoms with van der Waals surface area (Å²) in [6.45, 7) is 2.01. The third kappa shape index (κ3) is 3.92. The molecule has 0 saturated heterocycles. The van der Waals surface area contributed by atoms with Gasteiger partial charge in [-0.25, -0.2) is 4.98 Å². The highest BCUT2D eigenvalue weighted by atomic mass is 79.9. The van der Waals surface area contributed by atoms with E-state index in [0.29, 0.717) is 21.9 Å². The third-order valence-corrected chi connectivity index (χ3v) is 6.93. The van der Waals surface area contributed by atoms with Crippen LogP contribution in [-0.4, -0.2) is 14.5 Å². The van der Waals surface area contributed by atoms with Gasteiger partial charge in [-0.1, -0.05) is 88.4 Å². The van der Waals surface area contributed by atoms with Crippen LogP contribution in [0.2, 0.25) is 0 Å². The molecule has 0 aliphatic heterocycles. The summed E-state index contributed by atoms with van der Waals surface area (Å²) >= 11 is 5.05. The molecule has 0 unspecified atom stereocenters. The standard InChI is InChI=1S/C26H20BrN3OS/c1-17-7-5-6-10-22(17)30-25(31)24-23(21(15-28-24)19-8-3-2-4-9-19)29-26(30)32-16-18-11-13-20(27)14-12-18/h2-15,28H,16H2,1H3. The van der Waals surface area contributed by atoms with Gasteiger partial charge in [-0.3, -0.25) is 9.36 Å². The Kier molecular flexibility index (Phi) is 5.72. The lowest BCUT2D eigenvalue weighted by Gasteiger charge is -2.14. The molecular formula is C26H20BrN3OS. The maximum absolute atomic E-state index is 13.7. The fourth-order valence-electron chi connectivity index (χ4n) is 3.73. The van der Waals surface area contributed by atoms with E-state index in [-0.39, 0.29) is 5.56 Å². The van der Waals surface area contributed by atoms with Gasteiger partial charge in [0, 0.05) is 22.0 Å². The molecule has 1 N–H and O–H groups in total. The van der Waals surface area contributed by atoms with E-state index in [0.717, 1.165) is 26.9 Å². The molecule has 0 radical (unpaired) electrons. The highest BCUT2D eigenvalue weighted by Crippen LogP contribution is 2.30. The van der Waals surface area contributed by atoms with Crippen LogP contribution in [0.25, 0.3) is 27.8 Å². The summed E-state index contributed by atoms with van der Waals surface area (Å²) in [5, 5.41) is 0.677. The second kappa shape index (κ2) is 8.81. The number of H-pyrrole nitrogens is 1. The van der Waals surface area contributed by atoms with E-state index >= 15 is 0 Å². The topological polar surface area (TPSA) is 50.7 Å². The minimum atomic E-state index is -0.0928. The molecule has 0 saturated carbocycles. The van der Waals surface area contributed by atoms with Crippen LogP contribution < -0.4 is 5.56 Å². The fraction of sp³-hybridized carbons (Fsp3) is 0.0769. The number of nitrogens with one attached hydrogen (secondary N) is 1. The Balaban J connectivity index is 1.69. The Hall–Kier alpha value is -3.09. The number of halogens is 1. The van der Waals surface area contributed by atoms with Crippen molar-refractivity contribution in [2.24, 2.45) is 0 Å². The van der Waals surface area contributed by atoms with E-state index < -0.39 is 0 Å². The normalized spacial score (nSPS) is 11.2. The van der Waals surface area contributed by atoms with Crippen LogP contribution in [0.5, 0.6) is 0 Å². The Labute approximate surface area is 198 Å². The first-order valence-electron chi connectivity index (χ1n) is 10.2. The lowest BCUT2D eigenvalue weighted by molar-refractivity contribution is 0.813. The highest BCUT2D eigenvalue weighted by molar-refractivity contribution is 9.10. The average molecular weight is 502 g/mol. The van der Waals surface area contributed by atoms with Crippen LogP contribution in [0.1, 0.15) is 11.1 Å². The van der Waals surface area contributed by atoms with Crippen molar-refractivity contribution in [2.45, 2.75) is 17.8 Å². The summed E-state index contributed by atoms with van der Waals surface area (Å²) in [7, 11) is 0. The summed E-state index contributed by atoms with van der Waals surface area (Å²) in [5.74, 6) is 0.711. The predicted octanol–water partition coefficient (Wildman–Crippen LogP) is 6.74. The zero-order valence-electron chi connectivity index (χ0n) is 17.4. The number of benzene rings is 3. The van der Waals surface area contributed by atoms with Gasteiger partial charge in [0.05, 0.1) is 5.69 Å². The zero-order valence-corrected chi connectivity index (χ0v) is 19.8. The molecule has 3 aromatic carbocycles. The van der Waals surface area contributed by atoms with Gasteiger partial charge in [0.25, 0.3) is 5.56 Å². The van der Waals surface area contributed by atoms with Crippen molar-refractivity contribution in [3.05, 3.63) is 111 Å². The summed E-state index contributed by atoms with van der Waals surface area (Å²) in [5.41, 5.74) is 6.12. The molecule has 32 heavy (non-hydrogen) atoms. The minimum absolute atomic E-state index is 0.0928. The monoisotopic (exact) mass is 501 g/mol. The molecule has 2 aromatic heterocycles. The second-order valence-corrected chi connectivity index (χ2v) is 9.39. The first kappa shape index (κ1) is 20.8. The first-order chi connectivity index (χ1) is 15.6. The number of hydrogen-bond donors (Lipinski definition) is 1. The second-order valence-electron chi connectivity index (χ2n) is 7.53. The molecule has 0 aliphatic rings. The van der Waals surface area contributed by atoms with Crippen LogP contribution in [0, 0.1) is 6.92 Å². The molecule has 5 aromatic rings. The van der Waals surface area contributed by atoms with Gasteiger partial charge in [-0.2, -0.15) is 0 Å². The number of aromatic amines is 1. The van der Waals surface area contributed by atoms with Gasteiger partial charge < -0.3 is 4.98 Å². The van der Waals surface area contributed by atoms with Crippen LogP contribution in [0.15, 0.2) is 99.5 Å². The maximum Gasteiger partial charge on any atom is 0.283 e. The summed E-state index contributed by atoms with van der Waals surface area (Å²) in [6, 6.07) is 26.2. The molecule has 0 bridgehead atoms. The SMILES string of the molecule is Cc1ccccc1-n1c(SCc2ccc(Br)cc2)nc2c(-c3ccccc3)c[nH]c2c1=O. The molecule has 0 spiro atoms. The van der Waals surface area contributed by atoms with E-state index in [2.05, 4.69) is 33.0 Å². The first-order valence-corrected chi connectivity index (χ1v) is 12.0. The van der Waals surface area contributed by atoms with Crippen molar-refractivity contribution in [3.8, 4) is 16.8 Å². The van der Waals surface area contributed by atoms with E-state index in [1.165, 1.54) is 5.56 Å². The van der Waals surface area contributed by atoms with Crippen LogP contribution in [0.4, 0.5) is 0 Å². The van der Waals surface area contributed by atoms with E-state index in [9.17, 15) is 4.79 Å². The van der Waals surface area contributed by atoms with E-state index in [4.69, 9.17) is 4.98 Å². The quantitative estimate of drug-likeness (QED) is 0.214. The molecule has 5 rings (SSSR count). The number of para-hydroxylation sites is 1. The fourth-order valence-corrected chi connectivity index (χ4v) is 4.95. The van der Waals surface area contributed by atoms with E-state index in [1.54, 1.807) is 16.3 Å². The highest BCUT2D eigenvalue weighted by Gasteiger charge is 2.18. The largest absolute Gasteiger partial charge is 0.355 e. The molecular weight excluding hydrogens is 482 g/mol. The molecule has 0 atom stereocenters. The molecule has 158 valence electrons. The van der Waals surface area contributed by atoms with Crippen LogP contribution in [-0.2, 0) is 5.75 Å². The number of nitrogens with zero attached hydrogens (tertiary/aromatic N) is 2. The van der Waals surface area contributed by atoms with Gasteiger partial charge >= 0.3 is 0 Å². The predicted molar refractivity (Wildman–Crippen MR) is 136 cm³/mol. The van der Waals surface area contributed by atoms with Gasteiger partial charge in [-0.05, 0) is 41.8 Å². The minimum Gasteiger partial charge on any atom is -0.355 e. The lowest BCUT2D eigenvalue weighted by Crippen LogP contribution is -2.22. The number of aromatic nitrogens is 3. The Bertz CT molecular complexity index is 1460. The Morgan fingerprint density at radius 1 is 0.969 bits per heavy atom. The Morgan fingerprint density at radius 2 is 1.69 bits per heavy atom. The van der Waals surface area contributed by atoms with Crippen molar-refractivity contribution in [1.82, 2.24) is 14.5 Å². The lowest BCUT2D eigenvalue weighted by atomic mass is 10.1. The van der Waals surface area contributed by atoms with Crippen molar-refractivity contribution in [2.75, 3.05) is 0 Å². The molecule has 2 heterocycles. The number of aryl methyl sites for hydroxylation is 1. The number of thioether (sulfide) groups is 1. The van der Waals surface area contributed by atoms with Gasteiger partial charge in [0.15, 0.2) is 5.16 Å². The van der Waals surface area contributed by atoms with Gasteiger partial charge in [-0.15, -0.1) is 0 Å². The van der Waals surface area contributed by atoms with Crippen LogP contribution >= 0.6 is 27.7 Å². The molecule has 4 nitrogen and oxygen atoms in total. The number of rotatable bonds is 5. The van der Waals surface area contributed by atoms with Crippen LogP contribution in [0.3, 0.4) is 0 Å². The summed E-state index contributed by atoms with van der Waals surface area (Å²) in [6.07, 6.45) is 1.87. The number of fused-ring (bicyclic) bond motifs is 1. The maximum atomic E-state index is 13.7. The van der Waals surface area contributed by atoms with Crippen molar-refractivity contribution in [3.63, 3.8) is 0 Å². The molecule has 0 aliphatic carbocycles.